The number of rotatable bonds is 5. The van der Waals surface area contributed by atoms with Crippen LogP contribution in [0.3, 0.4) is 0 Å². The van der Waals surface area contributed by atoms with Crippen LogP contribution in [-0.4, -0.2) is 70.9 Å². The first-order valence-electron chi connectivity index (χ1n) is 13.0. The molecule has 4 heterocycles. The van der Waals surface area contributed by atoms with Crippen LogP contribution in [0.1, 0.15) is 54.1 Å². The molecule has 1 atom stereocenters. The summed E-state index contributed by atoms with van der Waals surface area (Å²) in [6.45, 7) is 5.61. The summed E-state index contributed by atoms with van der Waals surface area (Å²) in [5.41, 5.74) is 1.50. The number of fused-ring (bicyclic) bond motifs is 1. The van der Waals surface area contributed by atoms with Crippen LogP contribution in [0.5, 0.6) is 0 Å². The molecule has 11 heteroatoms. The molecular formula is C27H32N6O5. The van der Waals surface area contributed by atoms with Gasteiger partial charge in [0, 0.05) is 36.8 Å². The summed E-state index contributed by atoms with van der Waals surface area (Å²) in [6, 6.07) is 8.21. The fourth-order valence-corrected chi connectivity index (χ4v) is 4.88. The third kappa shape index (κ3) is 5.87. The highest BCUT2D eigenvalue weighted by atomic mass is 16.5. The number of aliphatic imine (C=N–C) groups is 1. The molecule has 0 radical (unpaired) electrons. The van der Waals surface area contributed by atoms with Crippen molar-refractivity contribution in [2.75, 3.05) is 31.5 Å². The third-order valence-corrected chi connectivity index (χ3v) is 6.82. The summed E-state index contributed by atoms with van der Waals surface area (Å²) in [7, 11) is 0. The number of benzene rings is 1. The second kappa shape index (κ2) is 11.1. The van der Waals surface area contributed by atoms with E-state index in [4.69, 9.17) is 8.94 Å². The molecule has 5 rings (SSSR count). The number of nitrogens with zero attached hydrogens (tertiary/aromatic N) is 4. The molecule has 2 saturated heterocycles. The normalized spacial score (nSPS) is 18.6. The highest BCUT2D eigenvalue weighted by molar-refractivity contribution is 6.10. The number of aryl methyl sites for hydroxylation is 2. The van der Waals surface area contributed by atoms with E-state index in [0.29, 0.717) is 24.4 Å². The molecule has 0 bridgehead atoms. The largest absolute Gasteiger partial charge is 0.461 e. The van der Waals surface area contributed by atoms with E-state index in [0.717, 1.165) is 55.5 Å². The van der Waals surface area contributed by atoms with Gasteiger partial charge in [-0.1, -0.05) is 5.16 Å². The Morgan fingerprint density at radius 3 is 2.61 bits per heavy atom. The maximum Gasteiger partial charge on any atom is 0.280 e. The van der Waals surface area contributed by atoms with Crippen LogP contribution in [0.4, 0.5) is 5.69 Å². The Hall–Kier alpha value is -4.15. The molecule has 11 nitrogen and oxygen atoms in total. The average Bonchev–Trinajstić information content (AvgIpc) is 3.63. The van der Waals surface area contributed by atoms with Gasteiger partial charge in [-0.15, -0.1) is 0 Å². The van der Waals surface area contributed by atoms with Gasteiger partial charge in [-0.2, -0.15) is 0 Å². The molecule has 2 aromatic heterocycles. The fourth-order valence-electron chi connectivity index (χ4n) is 4.88. The zero-order valence-electron chi connectivity index (χ0n) is 21.7. The van der Waals surface area contributed by atoms with Gasteiger partial charge in [0.1, 0.15) is 23.1 Å². The summed E-state index contributed by atoms with van der Waals surface area (Å²) >= 11 is 0. The summed E-state index contributed by atoms with van der Waals surface area (Å²) in [4.78, 5) is 47.2. The highest BCUT2D eigenvalue weighted by Crippen LogP contribution is 2.23. The zero-order valence-corrected chi connectivity index (χ0v) is 21.7. The Morgan fingerprint density at radius 1 is 1.05 bits per heavy atom. The standard InChI is InChI=1S/C27H32N6O5/c1-17-13-19-15-20(8-9-23(19)37-17)28-27(30-25(35)22-14-18(2)38-31-22)29-21-7-3-4-12-33(26(21)36)16-24(34)32-10-5-6-11-32/h8-9,13-15,21H,3-7,10-12,16H2,1-2H3,(H2,28,29,30,35). The van der Waals surface area contributed by atoms with Gasteiger partial charge in [-0.3, -0.25) is 19.7 Å². The van der Waals surface area contributed by atoms with Gasteiger partial charge in [0.2, 0.25) is 17.8 Å². The van der Waals surface area contributed by atoms with Crippen LogP contribution in [0.15, 0.2) is 44.3 Å². The number of guanidine groups is 1. The van der Waals surface area contributed by atoms with E-state index in [1.807, 2.05) is 36.1 Å². The molecule has 1 aromatic carbocycles. The smallest absolute Gasteiger partial charge is 0.280 e. The Bertz CT molecular complexity index is 1370. The van der Waals surface area contributed by atoms with Crippen molar-refractivity contribution in [1.82, 2.24) is 20.3 Å². The monoisotopic (exact) mass is 520 g/mol. The lowest BCUT2D eigenvalue weighted by atomic mass is 10.1. The Morgan fingerprint density at radius 2 is 1.84 bits per heavy atom. The van der Waals surface area contributed by atoms with Crippen LogP contribution in [0.2, 0.25) is 0 Å². The predicted octanol–water partition coefficient (Wildman–Crippen LogP) is 3.24. The van der Waals surface area contributed by atoms with E-state index in [1.165, 1.54) is 6.07 Å². The van der Waals surface area contributed by atoms with Gasteiger partial charge in [0.25, 0.3) is 5.91 Å². The lowest BCUT2D eigenvalue weighted by Crippen LogP contribution is -2.45. The zero-order chi connectivity index (χ0) is 26.6. The number of nitrogens with one attached hydrogen (secondary N) is 2. The topological polar surface area (TPSA) is 133 Å². The van der Waals surface area contributed by atoms with Gasteiger partial charge >= 0.3 is 0 Å². The second-order valence-corrected chi connectivity index (χ2v) is 9.85. The van der Waals surface area contributed by atoms with Crippen LogP contribution in [0, 0.1) is 13.8 Å². The lowest BCUT2D eigenvalue weighted by Gasteiger charge is -2.25. The number of anilines is 1. The summed E-state index contributed by atoms with van der Waals surface area (Å²) in [6.07, 6.45) is 4.07. The van der Waals surface area contributed by atoms with Crippen LogP contribution < -0.4 is 10.6 Å². The maximum absolute atomic E-state index is 13.5. The van der Waals surface area contributed by atoms with Gasteiger partial charge < -0.3 is 24.1 Å². The molecule has 2 fully saturated rings. The number of hydrogen-bond donors (Lipinski definition) is 2. The molecule has 200 valence electrons. The van der Waals surface area contributed by atoms with Gasteiger partial charge in [-0.25, -0.2) is 4.99 Å². The van der Waals surface area contributed by atoms with Crippen LogP contribution in [0.25, 0.3) is 11.0 Å². The molecule has 0 aliphatic carbocycles. The third-order valence-electron chi connectivity index (χ3n) is 6.82. The number of carbonyl (C=O) groups is 3. The van der Waals surface area contributed by atoms with E-state index in [1.54, 1.807) is 11.8 Å². The van der Waals surface area contributed by atoms with Crippen molar-refractivity contribution < 1.29 is 23.3 Å². The quantitative estimate of drug-likeness (QED) is 0.390. The first-order chi connectivity index (χ1) is 18.4. The van der Waals surface area contributed by atoms with E-state index >= 15 is 0 Å². The van der Waals surface area contributed by atoms with Crippen molar-refractivity contribution in [1.29, 1.82) is 0 Å². The van der Waals surface area contributed by atoms with Crippen molar-refractivity contribution >= 4 is 40.3 Å². The Balaban J connectivity index is 1.39. The summed E-state index contributed by atoms with van der Waals surface area (Å²) < 4.78 is 10.7. The predicted molar refractivity (Wildman–Crippen MR) is 141 cm³/mol. The minimum absolute atomic E-state index is 0.0303. The molecule has 1 unspecified atom stereocenters. The SMILES string of the molecule is Cc1cc(C(=O)NC(=NC2CCCCN(CC(=O)N3CCCC3)C2=O)Nc2ccc3oc(C)cc3c2)no1. The lowest BCUT2D eigenvalue weighted by molar-refractivity contribution is -0.140. The molecule has 0 saturated carbocycles. The molecule has 38 heavy (non-hydrogen) atoms. The van der Waals surface area contributed by atoms with Gasteiger partial charge in [-0.05, 0) is 70.2 Å². The average molecular weight is 521 g/mol. The van der Waals surface area contributed by atoms with Crippen LogP contribution >= 0.6 is 0 Å². The van der Waals surface area contributed by atoms with Crippen molar-refractivity contribution in [2.24, 2.45) is 4.99 Å². The number of amides is 3. The number of likely N-dealkylation sites (tertiary alicyclic amines) is 2. The molecular weight excluding hydrogens is 488 g/mol. The van der Waals surface area contributed by atoms with Gasteiger partial charge in [0.05, 0.1) is 6.54 Å². The first-order valence-corrected chi connectivity index (χ1v) is 13.0. The Kier molecular flexibility index (Phi) is 7.43. The number of hydrogen-bond acceptors (Lipinski definition) is 7. The molecule has 0 spiro atoms. The van der Waals surface area contributed by atoms with E-state index in [-0.39, 0.29) is 30.0 Å². The Labute approximate surface area is 220 Å². The molecule has 3 aromatic rings. The van der Waals surface area contributed by atoms with E-state index < -0.39 is 11.9 Å². The van der Waals surface area contributed by atoms with Crippen molar-refractivity contribution in [3.8, 4) is 0 Å². The van der Waals surface area contributed by atoms with Crippen molar-refractivity contribution in [3.05, 3.63) is 47.5 Å². The first kappa shape index (κ1) is 25.5. The minimum Gasteiger partial charge on any atom is -0.461 e. The molecule has 3 amide bonds. The molecule has 2 N–H and O–H groups in total. The minimum atomic E-state index is -0.745. The molecule has 2 aliphatic heterocycles. The number of carbonyl (C=O) groups excluding carboxylic acids is 3. The number of furan rings is 1. The van der Waals surface area contributed by atoms with Crippen LogP contribution in [-0.2, 0) is 9.59 Å². The highest BCUT2D eigenvalue weighted by Gasteiger charge is 2.30. The summed E-state index contributed by atoms with van der Waals surface area (Å²) in [5.74, 6) is 0.629. The van der Waals surface area contributed by atoms with E-state index in [2.05, 4.69) is 20.8 Å². The van der Waals surface area contributed by atoms with Gasteiger partial charge in [0.15, 0.2) is 5.69 Å². The van der Waals surface area contributed by atoms with E-state index in [9.17, 15) is 14.4 Å². The maximum atomic E-state index is 13.5. The number of aromatic nitrogens is 1. The van der Waals surface area contributed by atoms with Crippen molar-refractivity contribution in [2.45, 2.75) is 52.0 Å². The fraction of sp³-hybridized carbons (Fsp3) is 0.444. The molecule has 2 aliphatic rings. The van der Waals surface area contributed by atoms with Crippen molar-refractivity contribution in [3.63, 3.8) is 0 Å². The second-order valence-electron chi connectivity index (χ2n) is 9.85. The summed E-state index contributed by atoms with van der Waals surface area (Å²) in [5, 5.41) is 10.6.